The number of esters is 1. The van der Waals surface area contributed by atoms with Crippen molar-refractivity contribution in [2.24, 2.45) is 0 Å². The number of carbonyl (C=O) groups is 1. The van der Waals surface area contributed by atoms with Crippen molar-refractivity contribution in [1.29, 1.82) is 0 Å². The van der Waals surface area contributed by atoms with Crippen LogP contribution >= 0.6 is 0 Å². The molecule has 24 heavy (non-hydrogen) atoms. The minimum absolute atomic E-state index is 0.140. The van der Waals surface area contributed by atoms with Crippen LogP contribution < -0.4 is 4.74 Å². The lowest BCUT2D eigenvalue weighted by Gasteiger charge is -2.19. The summed E-state index contributed by atoms with van der Waals surface area (Å²) >= 11 is 0. The fraction of sp³-hybridized carbons (Fsp3) is 0.667. The third kappa shape index (κ3) is 9.59. The van der Waals surface area contributed by atoms with Gasteiger partial charge in [-0.1, -0.05) is 70.1 Å². The maximum absolute atomic E-state index is 12.0. The van der Waals surface area contributed by atoms with Gasteiger partial charge in [0.1, 0.15) is 5.75 Å². The third-order valence-corrected chi connectivity index (χ3v) is 4.08. The molecule has 0 heterocycles. The number of benzene rings is 1. The first kappa shape index (κ1) is 20.5. The molecule has 0 amide bonds. The zero-order valence-electron chi connectivity index (χ0n) is 15.7. The van der Waals surface area contributed by atoms with Gasteiger partial charge in [-0.2, -0.15) is 0 Å². The van der Waals surface area contributed by atoms with Gasteiger partial charge in [0.05, 0.1) is 0 Å². The Morgan fingerprint density at radius 3 is 2.21 bits per heavy atom. The summed E-state index contributed by atoms with van der Waals surface area (Å²) in [6.07, 6.45) is 9.83. The highest BCUT2D eigenvalue weighted by Crippen LogP contribution is 2.17. The van der Waals surface area contributed by atoms with E-state index in [1.165, 1.54) is 31.2 Å². The molecule has 1 aromatic rings. The van der Waals surface area contributed by atoms with E-state index in [2.05, 4.69) is 13.8 Å². The van der Waals surface area contributed by atoms with Gasteiger partial charge in [0.25, 0.3) is 0 Å². The van der Waals surface area contributed by atoms with Crippen LogP contribution in [0.25, 0.3) is 0 Å². The Hall–Kier alpha value is -1.51. The van der Waals surface area contributed by atoms with Crippen molar-refractivity contribution in [3.05, 3.63) is 29.8 Å². The molecule has 0 saturated carbocycles. The normalized spacial score (nSPS) is 12.0. The van der Waals surface area contributed by atoms with Crippen LogP contribution in [-0.4, -0.2) is 12.3 Å². The minimum atomic E-state index is -0.472. The van der Waals surface area contributed by atoms with Crippen LogP contribution in [0.2, 0.25) is 0 Å². The molecule has 0 bridgehead atoms. The highest BCUT2D eigenvalue weighted by Gasteiger charge is 2.15. The second kappa shape index (κ2) is 12.9. The number of hydrogen-bond donors (Lipinski definition) is 0. The average molecular weight is 334 g/mol. The Bertz CT molecular complexity index is 439. The van der Waals surface area contributed by atoms with Crippen molar-refractivity contribution in [3.8, 4) is 5.75 Å². The molecular formula is C21H34O3. The molecule has 0 fully saturated rings. The second-order valence-electron chi connectivity index (χ2n) is 6.51. The highest BCUT2D eigenvalue weighted by molar-refractivity contribution is 5.69. The van der Waals surface area contributed by atoms with Crippen LogP contribution in [0.15, 0.2) is 24.3 Å². The summed E-state index contributed by atoms with van der Waals surface area (Å²) in [5.41, 5.74) is 1.19. The number of hydrogen-bond acceptors (Lipinski definition) is 3. The molecule has 3 nitrogen and oxygen atoms in total. The molecular weight excluding hydrogens is 300 g/mol. The van der Waals surface area contributed by atoms with Gasteiger partial charge in [0.15, 0.2) is 0 Å². The lowest BCUT2D eigenvalue weighted by molar-refractivity contribution is -0.164. The molecule has 0 aromatic heterocycles. The van der Waals surface area contributed by atoms with Gasteiger partial charge in [-0.15, -0.1) is 0 Å². The quantitative estimate of drug-likeness (QED) is 0.245. The number of aryl methyl sites for hydroxylation is 1. The van der Waals surface area contributed by atoms with E-state index in [1.807, 2.05) is 31.2 Å². The van der Waals surface area contributed by atoms with Gasteiger partial charge in [-0.25, -0.2) is 0 Å². The second-order valence-corrected chi connectivity index (χ2v) is 6.51. The van der Waals surface area contributed by atoms with E-state index in [0.717, 1.165) is 37.9 Å². The molecule has 1 aromatic carbocycles. The number of rotatable bonds is 13. The van der Waals surface area contributed by atoms with Crippen LogP contribution in [0.4, 0.5) is 0 Å². The predicted molar refractivity (Wildman–Crippen MR) is 99.2 cm³/mol. The highest BCUT2D eigenvalue weighted by atomic mass is 16.7. The zero-order valence-corrected chi connectivity index (χ0v) is 15.7. The molecule has 1 unspecified atom stereocenters. The maximum atomic E-state index is 12.0. The molecule has 136 valence electrons. The minimum Gasteiger partial charge on any atom is -0.455 e. The van der Waals surface area contributed by atoms with Crippen LogP contribution in [0.5, 0.6) is 5.75 Å². The van der Waals surface area contributed by atoms with E-state index in [9.17, 15) is 4.79 Å². The summed E-state index contributed by atoms with van der Waals surface area (Å²) in [4.78, 5) is 12.0. The molecule has 1 rings (SSSR count). The summed E-state index contributed by atoms with van der Waals surface area (Å²) in [7, 11) is 0. The van der Waals surface area contributed by atoms with E-state index in [0.29, 0.717) is 6.42 Å². The van der Waals surface area contributed by atoms with E-state index in [-0.39, 0.29) is 5.97 Å². The summed E-state index contributed by atoms with van der Waals surface area (Å²) in [6, 6.07) is 7.86. The molecule has 1 atom stereocenters. The van der Waals surface area contributed by atoms with Crippen molar-refractivity contribution in [2.45, 2.75) is 91.3 Å². The smallest absolute Gasteiger partial charge is 0.308 e. The van der Waals surface area contributed by atoms with Crippen molar-refractivity contribution in [2.75, 3.05) is 0 Å². The van der Waals surface area contributed by atoms with E-state index in [4.69, 9.17) is 9.47 Å². The topological polar surface area (TPSA) is 35.5 Å². The van der Waals surface area contributed by atoms with Gasteiger partial charge in [-0.05, 0) is 31.9 Å². The van der Waals surface area contributed by atoms with Crippen LogP contribution in [0, 0.1) is 6.92 Å². The van der Waals surface area contributed by atoms with Crippen molar-refractivity contribution >= 4 is 5.97 Å². The Morgan fingerprint density at radius 1 is 0.917 bits per heavy atom. The molecule has 0 N–H and O–H groups in total. The van der Waals surface area contributed by atoms with Gasteiger partial charge >= 0.3 is 5.97 Å². The standard InChI is InChI=1S/C21H34O3/c1-4-6-8-9-10-11-12-20(22)24-21(13-7-5-2)23-19-16-14-18(3)15-17-19/h14-17,21H,4-13H2,1-3H3. The zero-order chi connectivity index (χ0) is 17.6. The Morgan fingerprint density at radius 2 is 1.54 bits per heavy atom. The summed E-state index contributed by atoms with van der Waals surface area (Å²) in [5, 5.41) is 0. The first-order chi connectivity index (χ1) is 11.7. The molecule has 0 aliphatic heterocycles. The third-order valence-electron chi connectivity index (χ3n) is 4.08. The maximum Gasteiger partial charge on any atom is 0.308 e. The van der Waals surface area contributed by atoms with Crippen LogP contribution in [0.1, 0.15) is 83.6 Å². The molecule has 3 heteroatoms. The van der Waals surface area contributed by atoms with Crippen molar-refractivity contribution in [3.63, 3.8) is 0 Å². The Kier molecular flexibility index (Phi) is 11.0. The Balaban J connectivity index is 2.35. The van der Waals surface area contributed by atoms with E-state index < -0.39 is 6.29 Å². The van der Waals surface area contributed by atoms with Crippen LogP contribution in [-0.2, 0) is 9.53 Å². The average Bonchev–Trinajstić information content (AvgIpc) is 2.58. The monoisotopic (exact) mass is 334 g/mol. The van der Waals surface area contributed by atoms with Crippen molar-refractivity contribution in [1.82, 2.24) is 0 Å². The van der Waals surface area contributed by atoms with Crippen LogP contribution in [0.3, 0.4) is 0 Å². The molecule has 0 aliphatic carbocycles. The van der Waals surface area contributed by atoms with Gasteiger partial charge in [0.2, 0.25) is 6.29 Å². The van der Waals surface area contributed by atoms with Crippen molar-refractivity contribution < 1.29 is 14.3 Å². The fourth-order valence-electron chi connectivity index (χ4n) is 2.54. The lowest BCUT2D eigenvalue weighted by Crippen LogP contribution is -2.24. The predicted octanol–water partition coefficient (Wildman–Crippen LogP) is 6.18. The first-order valence-electron chi connectivity index (χ1n) is 9.58. The summed E-state index contributed by atoms with van der Waals surface area (Å²) < 4.78 is 11.4. The number of carbonyl (C=O) groups excluding carboxylic acids is 1. The Labute approximate surface area is 147 Å². The van der Waals surface area contributed by atoms with Gasteiger partial charge < -0.3 is 9.47 Å². The number of unbranched alkanes of at least 4 members (excludes halogenated alkanes) is 6. The molecule has 0 spiro atoms. The molecule has 0 saturated heterocycles. The fourth-order valence-corrected chi connectivity index (χ4v) is 2.54. The van der Waals surface area contributed by atoms with Gasteiger partial charge in [0, 0.05) is 12.8 Å². The number of ether oxygens (including phenoxy) is 2. The molecule has 0 radical (unpaired) electrons. The SMILES string of the molecule is CCCCCCCCC(=O)OC(CCCC)Oc1ccc(C)cc1. The first-order valence-corrected chi connectivity index (χ1v) is 9.58. The summed E-state index contributed by atoms with van der Waals surface area (Å²) in [6.45, 7) is 6.38. The molecule has 0 aliphatic rings. The summed E-state index contributed by atoms with van der Waals surface area (Å²) in [5.74, 6) is 0.618. The van der Waals surface area contributed by atoms with Gasteiger partial charge in [-0.3, -0.25) is 4.79 Å². The largest absolute Gasteiger partial charge is 0.455 e. The van der Waals surface area contributed by atoms with E-state index >= 15 is 0 Å². The van der Waals surface area contributed by atoms with E-state index in [1.54, 1.807) is 0 Å². The lowest BCUT2D eigenvalue weighted by atomic mass is 10.1.